The summed E-state index contributed by atoms with van der Waals surface area (Å²) >= 11 is 0. The number of aliphatic hydroxyl groups is 1. The van der Waals surface area contributed by atoms with Crippen molar-refractivity contribution in [2.24, 2.45) is 0 Å². The van der Waals surface area contributed by atoms with Crippen LogP contribution in [0.5, 0.6) is 5.75 Å². The van der Waals surface area contributed by atoms with Crippen LogP contribution in [0.15, 0.2) is 54.6 Å². The number of aliphatic hydroxyl groups excluding tert-OH is 1. The molecule has 0 aromatic heterocycles. The Balaban J connectivity index is 1.64. The average molecular weight is 373 g/mol. The van der Waals surface area contributed by atoms with Gasteiger partial charge in [-0.3, -0.25) is 4.79 Å². The number of carbonyl (C=O) groups is 2. The summed E-state index contributed by atoms with van der Waals surface area (Å²) in [5.74, 6) is 0.235. The number of carbonyl (C=O) groups excluding carboxylic acids is 2. The second-order valence-corrected chi connectivity index (χ2v) is 5.80. The first-order valence-corrected chi connectivity index (χ1v) is 8.48. The maximum atomic E-state index is 11.6. The zero-order chi connectivity index (χ0) is 19.5. The van der Waals surface area contributed by atoms with Gasteiger partial charge in [-0.15, -0.1) is 0 Å². The lowest BCUT2D eigenvalue weighted by molar-refractivity contribution is -0.139. The molecule has 0 aliphatic rings. The molecule has 0 bridgehead atoms. The smallest absolute Gasteiger partial charge is 0.407 e. The molecule has 0 fully saturated rings. The fourth-order valence-electron chi connectivity index (χ4n) is 2.17. The minimum Gasteiger partial charge on any atom is -0.491 e. The monoisotopic (exact) mass is 373 g/mol. The van der Waals surface area contributed by atoms with E-state index in [4.69, 9.17) is 9.47 Å². The minimum atomic E-state index is -0.885. The van der Waals surface area contributed by atoms with Crippen molar-refractivity contribution in [1.29, 1.82) is 0 Å². The molecule has 0 aliphatic heterocycles. The molecule has 1 unspecified atom stereocenters. The second kappa shape index (κ2) is 10.8. The van der Waals surface area contributed by atoms with Crippen LogP contribution in [-0.4, -0.2) is 43.5 Å². The number of nitrogens with one attached hydrogen (secondary N) is 1. The van der Waals surface area contributed by atoms with Crippen molar-refractivity contribution in [3.63, 3.8) is 0 Å². The Kier molecular flexibility index (Phi) is 8.12. The summed E-state index contributed by atoms with van der Waals surface area (Å²) in [4.78, 5) is 22.8. The normalized spacial score (nSPS) is 11.3. The molecule has 1 atom stereocenters. The highest BCUT2D eigenvalue weighted by Crippen LogP contribution is 2.13. The van der Waals surface area contributed by atoms with Gasteiger partial charge >= 0.3 is 12.1 Å². The number of hydrogen-bond donors (Lipinski definition) is 2. The van der Waals surface area contributed by atoms with E-state index in [1.54, 1.807) is 24.3 Å². The average Bonchev–Trinajstić information content (AvgIpc) is 2.70. The van der Waals surface area contributed by atoms with Gasteiger partial charge in [0.1, 0.15) is 25.1 Å². The third-order valence-electron chi connectivity index (χ3n) is 3.64. The van der Waals surface area contributed by atoms with E-state index in [2.05, 4.69) is 10.1 Å². The SMILES string of the molecule is COC(=O)Cc1ccc(OCC(O)CNC(=O)OCc2ccccc2)cc1. The van der Waals surface area contributed by atoms with Crippen molar-refractivity contribution in [2.75, 3.05) is 20.3 Å². The third kappa shape index (κ3) is 7.79. The van der Waals surface area contributed by atoms with Crippen LogP contribution >= 0.6 is 0 Å². The predicted octanol–water partition coefficient (Wildman–Crippen LogP) is 2.07. The van der Waals surface area contributed by atoms with Crippen LogP contribution < -0.4 is 10.1 Å². The molecule has 0 spiro atoms. The van der Waals surface area contributed by atoms with E-state index in [0.717, 1.165) is 11.1 Å². The van der Waals surface area contributed by atoms with Crippen molar-refractivity contribution < 1.29 is 28.9 Å². The molecule has 144 valence electrons. The zero-order valence-corrected chi connectivity index (χ0v) is 15.1. The third-order valence-corrected chi connectivity index (χ3v) is 3.64. The number of methoxy groups -OCH3 is 1. The quantitative estimate of drug-likeness (QED) is 0.654. The molecule has 0 saturated heterocycles. The molecular formula is C20H23NO6. The topological polar surface area (TPSA) is 94.1 Å². The van der Waals surface area contributed by atoms with Crippen LogP contribution in [-0.2, 0) is 27.3 Å². The maximum absolute atomic E-state index is 11.6. The molecule has 2 N–H and O–H groups in total. The van der Waals surface area contributed by atoms with Gasteiger partial charge in [-0.2, -0.15) is 0 Å². The Hall–Kier alpha value is -3.06. The van der Waals surface area contributed by atoms with Crippen LogP contribution in [0.4, 0.5) is 4.79 Å². The number of alkyl carbamates (subject to hydrolysis) is 1. The highest BCUT2D eigenvalue weighted by Gasteiger charge is 2.09. The van der Waals surface area contributed by atoms with E-state index in [0.29, 0.717) is 5.75 Å². The van der Waals surface area contributed by atoms with Crippen LogP contribution in [0, 0.1) is 0 Å². The fourth-order valence-corrected chi connectivity index (χ4v) is 2.17. The number of hydrogen-bond acceptors (Lipinski definition) is 6. The summed E-state index contributed by atoms with van der Waals surface area (Å²) in [6.45, 7) is 0.181. The first-order chi connectivity index (χ1) is 13.1. The Labute approximate surface area is 157 Å². The molecule has 7 nitrogen and oxygen atoms in total. The molecule has 2 aromatic carbocycles. The van der Waals surface area contributed by atoms with Gasteiger partial charge in [0, 0.05) is 0 Å². The van der Waals surface area contributed by atoms with E-state index in [9.17, 15) is 14.7 Å². The lowest BCUT2D eigenvalue weighted by Gasteiger charge is -2.13. The van der Waals surface area contributed by atoms with E-state index in [1.807, 2.05) is 30.3 Å². The van der Waals surface area contributed by atoms with Crippen molar-refractivity contribution in [1.82, 2.24) is 5.32 Å². The molecule has 1 amide bonds. The summed E-state index contributed by atoms with van der Waals surface area (Å²) in [6, 6.07) is 16.2. The molecular weight excluding hydrogens is 350 g/mol. The molecule has 27 heavy (non-hydrogen) atoms. The van der Waals surface area contributed by atoms with Crippen molar-refractivity contribution in [3.8, 4) is 5.75 Å². The van der Waals surface area contributed by atoms with E-state index in [1.165, 1.54) is 7.11 Å². The first kappa shape index (κ1) is 20.3. The van der Waals surface area contributed by atoms with Crippen LogP contribution in [0.25, 0.3) is 0 Å². The molecule has 2 aromatic rings. The Bertz CT molecular complexity index is 717. The molecule has 0 heterocycles. The summed E-state index contributed by atoms with van der Waals surface area (Å²) < 4.78 is 15.1. The number of benzene rings is 2. The standard InChI is InChI=1S/C20H23NO6/c1-25-19(23)11-15-7-9-18(10-8-15)26-14-17(22)12-21-20(24)27-13-16-5-3-2-4-6-16/h2-10,17,22H,11-14H2,1H3,(H,21,24). The Morgan fingerprint density at radius 3 is 2.41 bits per heavy atom. The van der Waals surface area contributed by atoms with Crippen molar-refractivity contribution in [2.45, 2.75) is 19.1 Å². The fraction of sp³-hybridized carbons (Fsp3) is 0.300. The van der Waals surface area contributed by atoms with Crippen LogP contribution in [0.2, 0.25) is 0 Å². The summed E-state index contributed by atoms with van der Waals surface area (Å²) in [5.41, 5.74) is 1.68. The van der Waals surface area contributed by atoms with Crippen LogP contribution in [0.1, 0.15) is 11.1 Å². The minimum absolute atomic E-state index is 0.00798. The largest absolute Gasteiger partial charge is 0.491 e. The first-order valence-electron chi connectivity index (χ1n) is 8.48. The molecule has 0 saturated carbocycles. The van der Waals surface area contributed by atoms with Gasteiger partial charge in [-0.25, -0.2) is 4.79 Å². The van der Waals surface area contributed by atoms with Gasteiger partial charge < -0.3 is 24.6 Å². The van der Waals surface area contributed by atoms with E-state index in [-0.39, 0.29) is 32.1 Å². The van der Waals surface area contributed by atoms with Crippen LogP contribution in [0.3, 0.4) is 0 Å². The second-order valence-electron chi connectivity index (χ2n) is 5.80. The zero-order valence-electron chi connectivity index (χ0n) is 15.1. The summed E-state index contributed by atoms with van der Waals surface area (Å²) in [6.07, 6.45) is -1.30. The van der Waals surface area contributed by atoms with E-state index < -0.39 is 12.2 Å². The molecule has 0 aliphatic carbocycles. The van der Waals surface area contributed by atoms with Gasteiger partial charge in [0.25, 0.3) is 0 Å². The number of esters is 1. The van der Waals surface area contributed by atoms with Gasteiger partial charge in [-0.1, -0.05) is 42.5 Å². The lowest BCUT2D eigenvalue weighted by atomic mass is 10.1. The highest BCUT2D eigenvalue weighted by atomic mass is 16.5. The van der Waals surface area contributed by atoms with Crippen molar-refractivity contribution >= 4 is 12.1 Å². The summed E-state index contributed by atoms with van der Waals surface area (Å²) in [5, 5.41) is 12.4. The van der Waals surface area contributed by atoms with Gasteiger partial charge in [0.2, 0.25) is 0 Å². The number of rotatable bonds is 9. The number of amides is 1. The summed E-state index contributed by atoms with van der Waals surface area (Å²) in [7, 11) is 1.34. The molecule has 7 heteroatoms. The Morgan fingerprint density at radius 2 is 1.74 bits per heavy atom. The number of ether oxygens (including phenoxy) is 3. The Morgan fingerprint density at radius 1 is 1.04 bits per heavy atom. The maximum Gasteiger partial charge on any atom is 0.407 e. The molecule has 2 rings (SSSR count). The van der Waals surface area contributed by atoms with Gasteiger partial charge in [0.15, 0.2) is 0 Å². The molecule has 0 radical (unpaired) electrons. The van der Waals surface area contributed by atoms with E-state index >= 15 is 0 Å². The predicted molar refractivity (Wildman–Crippen MR) is 98.3 cm³/mol. The van der Waals surface area contributed by atoms with Gasteiger partial charge in [-0.05, 0) is 23.3 Å². The highest BCUT2D eigenvalue weighted by molar-refractivity contribution is 5.72. The lowest BCUT2D eigenvalue weighted by Crippen LogP contribution is -2.35. The van der Waals surface area contributed by atoms with Crippen molar-refractivity contribution in [3.05, 3.63) is 65.7 Å². The van der Waals surface area contributed by atoms with Gasteiger partial charge in [0.05, 0.1) is 20.1 Å².